The summed E-state index contributed by atoms with van der Waals surface area (Å²) >= 11 is 0. The summed E-state index contributed by atoms with van der Waals surface area (Å²) in [6, 6.07) is 196. The third-order valence-electron chi connectivity index (χ3n) is 28.1. The molecule has 684 valence electrons. The van der Waals surface area contributed by atoms with Crippen LogP contribution in [0.4, 0.5) is 0 Å². The molecule has 6 aliphatic carbocycles. The zero-order valence-electron chi connectivity index (χ0n) is 82.7. The van der Waals surface area contributed by atoms with Gasteiger partial charge in [0, 0.05) is 393 Å². The molecule has 150 heavy (non-hydrogen) atoms. The monoisotopic (exact) mass is 2810 g/mol. The molecule has 0 aliphatic heterocycles. The van der Waals surface area contributed by atoms with Crippen molar-refractivity contribution in [3.63, 3.8) is 0 Å². The van der Waals surface area contributed by atoms with Crippen molar-refractivity contribution in [2.45, 2.75) is 38.5 Å². The van der Waals surface area contributed by atoms with Crippen LogP contribution in [0.15, 0.2) is 437 Å². The van der Waals surface area contributed by atoms with Gasteiger partial charge in [-0.1, -0.05) is 311 Å². The van der Waals surface area contributed by atoms with Gasteiger partial charge in [-0.3, -0.25) is 0 Å². The first-order chi connectivity index (χ1) is 68.3. The van der Waals surface area contributed by atoms with E-state index in [4.69, 9.17) is 0 Å². The number of fused-ring (bicyclic) bond motifs is 24. The first-order valence-corrected chi connectivity index (χ1v) is 47.6. The Kier molecular flexibility index (Phi) is 46.7. The minimum absolute atomic E-state index is 0. The Hall–Kier alpha value is -3.91. The fourth-order valence-electron chi connectivity index (χ4n) is 21.1. The van der Waals surface area contributed by atoms with Crippen LogP contribution in [0.3, 0.4) is 0 Å². The molecule has 12 radical (unpaired) electrons. The molecule has 0 atom stereocenters. The van der Waals surface area contributed by atoms with Crippen LogP contribution in [0.5, 0.6) is 0 Å². The Morgan fingerprint density at radius 1 is 0.133 bits per heavy atom. The zero-order valence-corrected chi connectivity index (χ0v) is 117. The summed E-state index contributed by atoms with van der Waals surface area (Å²) in [7, 11) is 0. The van der Waals surface area contributed by atoms with Crippen LogP contribution in [0.2, 0.25) is 0 Å². The Balaban J connectivity index is 0.000000148. The molecule has 0 heterocycles. The average molecular weight is 2810 g/mol. The van der Waals surface area contributed by atoms with E-state index in [2.05, 4.69) is 497 Å². The summed E-state index contributed by atoms with van der Waals surface area (Å²) in [4.78, 5) is 0. The number of benzene rings is 24. The SMILES string of the molecule is [Y].[Y].[Y].[Y].[Y].[Y].[Y].[Y].[Y].[Y].[Y].[Y].[c-]1c(-c2[c-]ccc3ccccc23)ccc2c1-c1ccccc1C2.[c-]1cc2c(cc1-c1[c-]c3ccccc3cc1)-c1ccccc1C2.[c-]1cc2c(cc1-c1[c-]c3ccccc3cc1)Cc1ccccc1-2.[c-]1cc2c(cc1-c1[c-]cc3ccccc3c1)-c1ccccc1C2.[c-]1cc2c(cc1-c1[c-]ccc3ccccc13)-c1ccccc1C2.[c-]1cc2ccccc2cc1-c1[c-]c2c(cc1)Cc1ccccc1-2. The average Bonchev–Trinajstić information content (AvgIpc) is 1.64. The summed E-state index contributed by atoms with van der Waals surface area (Å²) in [6.07, 6.45) is 6.10. The third kappa shape index (κ3) is 26.4. The molecular formula is C138H84Y12-12. The van der Waals surface area contributed by atoms with Gasteiger partial charge >= 0.3 is 0 Å². The molecule has 0 bridgehead atoms. The molecule has 24 aromatic carbocycles. The van der Waals surface area contributed by atoms with E-state index in [-0.39, 0.29) is 393 Å². The van der Waals surface area contributed by atoms with E-state index in [1.54, 1.807) is 0 Å². The van der Waals surface area contributed by atoms with Crippen LogP contribution >= 0.6 is 0 Å². The number of hydrogen-bond acceptors (Lipinski definition) is 0. The molecule has 0 saturated heterocycles. The van der Waals surface area contributed by atoms with Gasteiger partial charge in [-0.2, -0.15) is 186 Å². The van der Waals surface area contributed by atoms with Crippen LogP contribution < -0.4 is 0 Å². The van der Waals surface area contributed by atoms with Gasteiger partial charge in [0.05, 0.1) is 0 Å². The summed E-state index contributed by atoms with van der Waals surface area (Å²) in [6.45, 7) is 0. The maximum Gasteiger partial charge on any atom is 0 e. The number of hydrogen-bond donors (Lipinski definition) is 0. The van der Waals surface area contributed by atoms with E-state index in [9.17, 15) is 0 Å². The third-order valence-corrected chi connectivity index (χ3v) is 28.1. The Morgan fingerprint density at radius 3 is 0.860 bits per heavy atom. The Morgan fingerprint density at radius 2 is 0.413 bits per heavy atom. The van der Waals surface area contributed by atoms with E-state index in [0.717, 1.165) is 116 Å². The molecule has 0 nitrogen and oxygen atoms in total. The van der Waals surface area contributed by atoms with E-state index in [1.165, 1.54) is 187 Å². The van der Waals surface area contributed by atoms with Gasteiger partial charge in [-0.25, -0.2) is 44.5 Å². The molecule has 0 aromatic heterocycles. The van der Waals surface area contributed by atoms with E-state index in [0.29, 0.717) is 0 Å². The van der Waals surface area contributed by atoms with Crippen LogP contribution in [0.1, 0.15) is 66.8 Å². The van der Waals surface area contributed by atoms with Crippen LogP contribution in [0.25, 0.3) is 198 Å². The van der Waals surface area contributed by atoms with Crippen molar-refractivity contribution in [1.29, 1.82) is 0 Å². The fourth-order valence-corrected chi connectivity index (χ4v) is 21.1. The van der Waals surface area contributed by atoms with E-state index >= 15 is 0 Å². The molecule has 0 fully saturated rings. The van der Waals surface area contributed by atoms with Gasteiger partial charge in [0.15, 0.2) is 0 Å². The van der Waals surface area contributed by atoms with Crippen LogP contribution in [-0.2, 0) is 431 Å². The molecule has 0 amide bonds. The summed E-state index contributed by atoms with van der Waals surface area (Å²) in [5.41, 5.74) is 46.1. The second kappa shape index (κ2) is 56.9. The maximum absolute atomic E-state index is 3.66. The molecule has 0 N–H and O–H groups in total. The number of rotatable bonds is 6. The Bertz CT molecular complexity index is 8370. The van der Waals surface area contributed by atoms with E-state index < -0.39 is 0 Å². The van der Waals surface area contributed by atoms with Crippen molar-refractivity contribution in [2.24, 2.45) is 0 Å². The topological polar surface area (TPSA) is 0 Å². The summed E-state index contributed by atoms with van der Waals surface area (Å²) < 4.78 is 0. The predicted octanol–water partition coefficient (Wildman–Crippen LogP) is 34.0. The van der Waals surface area contributed by atoms with Gasteiger partial charge in [-0.15, -0.1) is 194 Å². The van der Waals surface area contributed by atoms with Crippen molar-refractivity contribution in [3.05, 3.63) is 576 Å². The van der Waals surface area contributed by atoms with Crippen molar-refractivity contribution in [1.82, 2.24) is 0 Å². The molecule has 6 aliphatic rings. The molecule has 30 rings (SSSR count). The minimum Gasteiger partial charge on any atom is -0.226 e. The van der Waals surface area contributed by atoms with Crippen molar-refractivity contribution in [3.8, 4) is 134 Å². The van der Waals surface area contributed by atoms with Gasteiger partial charge in [0.25, 0.3) is 0 Å². The van der Waals surface area contributed by atoms with Crippen LogP contribution in [0, 0.1) is 72.8 Å². The fraction of sp³-hybridized carbons (Fsp3) is 0.0435. The molecule has 12 heteroatoms. The first kappa shape index (κ1) is 123. The second-order valence-electron chi connectivity index (χ2n) is 36.4. The maximum atomic E-state index is 3.66. The molecular weight excluding hydrogens is 2720 g/mol. The molecule has 0 unspecified atom stereocenters. The van der Waals surface area contributed by atoms with Crippen molar-refractivity contribution < 1.29 is 393 Å². The smallest absolute Gasteiger partial charge is 0 e. The molecule has 0 saturated carbocycles. The minimum atomic E-state index is 0. The van der Waals surface area contributed by atoms with Crippen molar-refractivity contribution >= 4 is 64.6 Å². The standard InChI is InChI=1S/6C23H14.12Y/c2*1-3-9-20-16(6-1)8-5-11-21(20)19-13-12-18-14-17-7-2-4-10-22(17)23(18)15-19;3*1-2-6-17-13-18(10-9-16(17)5-1)19-11-12-21-14-20-7-3-4-8-22(20)23(21)15-19;1-2-6-17-13-18(10-9-16(17)5-1)19-11-12-23-21(14-19)15-20-7-3-4-8-22(20)23;;;;;;;;;;;;/h1-10,12,15H,14H2;1-10,12-13H,14H2;1-9,12-13,15H,14H2;1-9,11-13H,14H2;1-10,12,15H,14H2;1-10,12,14H,15H2;;;;;;;;;;;;/q6*-2;;;;;;;;;;;;. The summed E-state index contributed by atoms with van der Waals surface area (Å²) in [5.74, 6) is 0. The largest absolute Gasteiger partial charge is 0.226 e. The first-order valence-electron chi connectivity index (χ1n) is 47.6. The quantitative estimate of drug-likeness (QED) is 0.146. The van der Waals surface area contributed by atoms with E-state index in [1.807, 2.05) is 12.1 Å². The van der Waals surface area contributed by atoms with Gasteiger partial charge in [-0.05, 0) is 77.5 Å². The predicted molar refractivity (Wildman–Crippen MR) is 572 cm³/mol. The van der Waals surface area contributed by atoms with Crippen molar-refractivity contribution in [2.75, 3.05) is 0 Å². The van der Waals surface area contributed by atoms with Crippen LogP contribution in [-0.4, -0.2) is 0 Å². The van der Waals surface area contributed by atoms with Gasteiger partial charge in [0.1, 0.15) is 0 Å². The normalized spacial score (nSPS) is 11.2. The zero-order chi connectivity index (χ0) is 91.4. The van der Waals surface area contributed by atoms with Gasteiger partial charge < -0.3 is 0 Å². The molecule has 0 spiro atoms. The summed E-state index contributed by atoms with van der Waals surface area (Å²) in [5, 5.41) is 14.7. The van der Waals surface area contributed by atoms with Gasteiger partial charge in [0.2, 0.25) is 0 Å². The molecule has 24 aromatic rings. The second-order valence-corrected chi connectivity index (χ2v) is 36.4. The Labute approximate surface area is 1180 Å².